The molecule has 0 aromatic rings. The summed E-state index contributed by atoms with van der Waals surface area (Å²) in [6.07, 6.45) is 0.845. The molecule has 0 bridgehead atoms. The first kappa shape index (κ1) is 12.5. The number of rotatable bonds is 3. The molecule has 0 aromatic heterocycles. The number of hydrogen-bond acceptors (Lipinski definition) is 2. The molecule has 1 aliphatic rings. The van der Waals surface area contributed by atoms with Crippen LogP contribution in [0.2, 0.25) is 0 Å². The fourth-order valence-electron chi connectivity index (χ4n) is 2.52. The molecule has 0 radical (unpaired) electrons. The maximum atomic E-state index is 11.3. The molecule has 15 heavy (non-hydrogen) atoms. The summed E-state index contributed by atoms with van der Waals surface area (Å²) in [4.78, 5) is 22.4. The average molecular weight is 279 g/mol. The van der Waals surface area contributed by atoms with Crippen molar-refractivity contribution in [1.29, 1.82) is 0 Å². The summed E-state index contributed by atoms with van der Waals surface area (Å²) in [6, 6.07) is 0. The third-order valence-corrected chi connectivity index (χ3v) is 4.86. The van der Waals surface area contributed by atoms with Gasteiger partial charge in [0, 0.05) is 5.33 Å². The topological polar surface area (TPSA) is 74.6 Å². The highest BCUT2D eigenvalue weighted by molar-refractivity contribution is 9.09. The van der Waals surface area contributed by atoms with Crippen molar-refractivity contribution >= 4 is 27.9 Å². The molecule has 0 amide bonds. The lowest BCUT2D eigenvalue weighted by Gasteiger charge is -2.38. The number of carboxylic acid groups (broad SMARTS) is 2. The van der Waals surface area contributed by atoms with Gasteiger partial charge in [0.15, 0.2) is 0 Å². The summed E-state index contributed by atoms with van der Waals surface area (Å²) < 4.78 is 0. The van der Waals surface area contributed by atoms with E-state index in [9.17, 15) is 14.7 Å². The van der Waals surface area contributed by atoms with Crippen LogP contribution in [0.4, 0.5) is 0 Å². The molecule has 0 spiro atoms. The molecular formula is C10H15BrO4. The Morgan fingerprint density at radius 2 is 1.93 bits per heavy atom. The Morgan fingerprint density at radius 1 is 1.40 bits per heavy atom. The summed E-state index contributed by atoms with van der Waals surface area (Å²) in [7, 11) is 0. The van der Waals surface area contributed by atoms with E-state index in [1.165, 1.54) is 0 Å². The quantitative estimate of drug-likeness (QED) is 0.774. The van der Waals surface area contributed by atoms with E-state index in [1.807, 2.05) is 0 Å². The molecule has 1 saturated carbocycles. The van der Waals surface area contributed by atoms with Gasteiger partial charge < -0.3 is 10.2 Å². The summed E-state index contributed by atoms with van der Waals surface area (Å²) in [5, 5.41) is 18.6. The second kappa shape index (κ2) is 3.77. The number of alkyl halides is 1. The molecule has 2 N–H and O–H groups in total. The summed E-state index contributed by atoms with van der Waals surface area (Å²) in [5.74, 6) is -2.39. The smallest absolute Gasteiger partial charge is 0.311 e. The van der Waals surface area contributed by atoms with Gasteiger partial charge in [-0.15, -0.1) is 0 Å². The van der Waals surface area contributed by atoms with Crippen LogP contribution in [-0.4, -0.2) is 27.5 Å². The average Bonchev–Trinajstić information content (AvgIpc) is 2.37. The molecule has 0 aromatic carbocycles. The maximum Gasteiger partial charge on any atom is 0.311 e. The highest BCUT2D eigenvalue weighted by atomic mass is 79.9. The minimum absolute atomic E-state index is 0.298. The number of hydrogen-bond donors (Lipinski definition) is 2. The Labute approximate surface area is 96.8 Å². The van der Waals surface area contributed by atoms with Crippen molar-refractivity contribution in [3.63, 3.8) is 0 Å². The molecule has 2 unspecified atom stereocenters. The first-order valence-corrected chi connectivity index (χ1v) is 5.94. The zero-order valence-corrected chi connectivity index (χ0v) is 10.4. The van der Waals surface area contributed by atoms with Gasteiger partial charge in [0.25, 0.3) is 0 Å². The predicted octanol–water partition coefficient (Wildman–Crippen LogP) is 1.97. The lowest BCUT2D eigenvalue weighted by molar-refractivity contribution is -0.157. The molecule has 1 fully saturated rings. The van der Waals surface area contributed by atoms with Crippen molar-refractivity contribution in [3.8, 4) is 0 Å². The van der Waals surface area contributed by atoms with Gasteiger partial charge in [-0.05, 0) is 18.3 Å². The Balaban J connectivity index is 3.15. The molecular weight excluding hydrogens is 264 g/mol. The zero-order valence-electron chi connectivity index (χ0n) is 8.79. The lowest BCUT2D eigenvalue weighted by Crippen LogP contribution is -2.46. The Bertz CT molecular complexity index is 300. The Hall–Kier alpha value is -0.580. The Morgan fingerprint density at radius 3 is 2.13 bits per heavy atom. The monoisotopic (exact) mass is 278 g/mol. The van der Waals surface area contributed by atoms with Crippen LogP contribution in [0.3, 0.4) is 0 Å². The van der Waals surface area contributed by atoms with E-state index in [2.05, 4.69) is 15.9 Å². The van der Waals surface area contributed by atoms with Crippen LogP contribution in [0.1, 0.15) is 26.7 Å². The van der Waals surface area contributed by atoms with Gasteiger partial charge in [-0.25, -0.2) is 0 Å². The molecule has 0 aliphatic heterocycles. The number of carbonyl (C=O) groups is 2. The zero-order chi connectivity index (χ0) is 11.9. The van der Waals surface area contributed by atoms with E-state index < -0.39 is 28.7 Å². The van der Waals surface area contributed by atoms with E-state index in [0.29, 0.717) is 18.2 Å². The standard InChI is InChI=1S/C10H15BrO4/c1-9(2)6(7(12)13)3-4-10(9,5-11)8(14)15/h6H,3-5H2,1-2H3,(H,12,13)(H,14,15). The second-order valence-corrected chi connectivity index (χ2v) is 5.23. The largest absolute Gasteiger partial charge is 0.481 e. The van der Waals surface area contributed by atoms with Crippen molar-refractivity contribution in [2.45, 2.75) is 26.7 Å². The van der Waals surface area contributed by atoms with Crippen LogP contribution >= 0.6 is 15.9 Å². The number of carboxylic acids is 2. The van der Waals surface area contributed by atoms with Crippen molar-refractivity contribution in [2.75, 3.05) is 5.33 Å². The summed E-state index contributed by atoms with van der Waals surface area (Å²) in [6.45, 7) is 3.46. The molecule has 2 atom stereocenters. The van der Waals surface area contributed by atoms with Gasteiger partial charge in [0.05, 0.1) is 11.3 Å². The molecule has 5 heteroatoms. The summed E-state index contributed by atoms with van der Waals surface area (Å²) >= 11 is 3.21. The first-order valence-electron chi connectivity index (χ1n) is 4.82. The van der Waals surface area contributed by atoms with Crippen molar-refractivity contribution in [3.05, 3.63) is 0 Å². The van der Waals surface area contributed by atoms with Crippen molar-refractivity contribution < 1.29 is 19.8 Å². The van der Waals surface area contributed by atoms with Crippen LogP contribution in [0.25, 0.3) is 0 Å². The third-order valence-electron chi connectivity index (χ3n) is 3.90. The van der Waals surface area contributed by atoms with Crippen LogP contribution in [0, 0.1) is 16.7 Å². The molecule has 1 aliphatic carbocycles. The number of halogens is 1. The maximum absolute atomic E-state index is 11.3. The van der Waals surface area contributed by atoms with Gasteiger partial charge in [0.1, 0.15) is 0 Å². The van der Waals surface area contributed by atoms with Crippen LogP contribution < -0.4 is 0 Å². The van der Waals surface area contributed by atoms with E-state index in [0.717, 1.165) is 0 Å². The molecule has 4 nitrogen and oxygen atoms in total. The highest BCUT2D eigenvalue weighted by Gasteiger charge is 2.60. The van der Waals surface area contributed by atoms with Gasteiger partial charge in [-0.1, -0.05) is 29.8 Å². The van der Waals surface area contributed by atoms with E-state index in [4.69, 9.17) is 5.11 Å². The fourth-order valence-corrected chi connectivity index (χ4v) is 3.76. The van der Waals surface area contributed by atoms with Crippen LogP contribution in [-0.2, 0) is 9.59 Å². The van der Waals surface area contributed by atoms with Crippen molar-refractivity contribution in [2.24, 2.45) is 16.7 Å². The number of aliphatic carboxylic acids is 2. The van der Waals surface area contributed by atoms with Crippen molar-refractivity contribution in [1.82, 2.24) is 0 Å². The third kappa shape index (κ3) is 1.57. The normalized spacial score (nSPS) is 33.9. The van der Waals surface area contributed by atoms with Gasteiger partial charge in [0.2, 0.25) is 0 Å². The first-order chi connectivity index (χ1) is 6.79. The lowest BCUT2D eigenvalue weighted by atomic mass is 9.66. The van der Waals surface area contributed by atoms with Gasteiger partial charge in [-0.3, -0.25) is 9.59 Å². The SMILES string of the molecule is CC1(C)C(C(=O)O)CCC1(CBr)C(=O)O. The molecule has 0 heterocycles. The minimum Gasteiger partial charge on any atom is -0.481 e. The van der Waals surface area contributed by atoms with E-state index >= 15 is 0 Å². The van der Waals surface area contributed by atoms with Crippen LogP contribution in [0.15, 0.2) is 0 Å². The second-order valence-electron chi connectivity index (χ2n) is 4.67. The Kier molecular flexibility index (Phi) is 3.14. The fraction of sp³-hybridized carbons (Fsp3) is 0.800. The molecule has 1 rings (SSSR count). The predicted molar refractivity (Wildman–Crippen MR) is 58.0 cm³/mol. The molecule has 86 valence electrons. The van der Waals surface area contributed by atoms with E-state index in [-0.39, 0.29) is 0 Å². The summed E-state index contributed by atoms with van der Waals surface area (Å²) in [5.41, 5.74) is -1.69. The molecule has 0 saturated heterocycles. The highest BCUT2D eigenvalue weighted by Crippen LogP contribution is 2.57. The van der Waals surface area contributed by atoms with Gasteiger partial charge >= 0.3 is 11.9 Å². The van der Waals surface area contributed by atoms with E-state index in [1.54, 1.807) is 13.8 Å². The van der Waals surface area contributed by atoms with Gasteiger partial charge in [-0.2, -0.15) is 0 Å². The minimum atomic E-state index is -0.962. The van der Waals surface area contributed by atoms with Crippen LogP contribution in [0.5, 0.6) is 0 Å².